The first-order chi connectivity index (χ1) is 14.2. The van der Waals surface area contributed by atoms with E-state index in [9.17, 15) is 17.6 Å². The fourth-order valence-corrected chi connectivity index (χ4v) is 4.25. The number of benzene rings is 3. The average Bonchev–Trinajstić information content (AvgIpc) is 2.68. The number of hydrogen-bond acceptors (Lipinski definition) is 3. The minimum atomic E-state index is -3.52. The standard InChI is InChI=1S/C23H23FN2O3S/c1-16-7-6-8-17(2)22(16)26(30(3,28)29)15-18-11-13-19(14-12-18)23(27)25-21-10-5-4-9-20(21)24/h4-14H,15H2,1-3H3,(H,25,27). The number of hydrogen-bond donors (Lipinski definition) is 1. The third-order valence-electron chi connectivity index (χ3n) is 4.75. The highest BCUT2D eigenvalue weighted by Crippen LogP contribution is 2.28. The number of carbonyl (C=O) groups is 1. The molecule has 0 heterocycles. The molecule has 0 spiro atoms. The number of halogens is 1. The summed E-state index contributed by atoms with van der Waals surface area (Å²) >= 11 is 0. The normalized spacial score (nSPS) is 11.2. The molecule has 0 aliphatic rings. The molecule has 1 N–H and O–H groups in total. The number of rotatable bonds is 6. The molecule has 0 aliphatic carbocycles. The summed E-state index contributed by atoms with van der Waals surface area (Å²) < 4.78 is 40.1. The monoisotopic (exact) mass is 426 g/mol. The van der Waals surface area contributed by atoms with Gasteiger partial charge >= 0.3 is 0 Å². The zero-order valence-corrected chi connectivity index (χ0v) is 17.8. The zero-order valence-electron chi connectivity index (χ0n) is 17.0. The van der Waals surface area contributed by atoms with Crippen molar-refractivity contribution in [3.63, 3.8) is 0 Å². The Morgan fingerprint density at radius 3 is 2.10 bits per heavy atom. The molecule has 0 fully saturated rings. The number of carbonyl (C=O) groups excluding carboxylic acids is 1. The van der Waals surface area contributed by atoms with Gasteiger partial charge in [-0.2, -0.15) is 0 Å². The van der Waals surface area contributed by atoms with E-state index in [4.69, 9.17) is 0 Å². The molecule has 0 radical (unpaired) electrons. The minimum absolute atomic E-state index is 0.102. The minimum Gasteiger partial charge on any atom is -0.319 e. The number of amides is 1. The topological polar surface area (TPSA) is 66.5 Å². The molecule has 5 nitrogen and oxygen atoms in total. The molecule has 0 bridgehead atoms. The van der Waals surface area contributed by atoms with Crippen LogP contribution in [0.25, 0.3) is 0 Å². The maximum atomic E-state index is 13.7. The fraction of sp³-hybridized carbons (Fsp3) is 0.174. The Morgan fingerprint density at radius 2 is 1.53 bits per heavy atom. The fourth-order valence-electron chi connectivity index (χ4n) is 3.25. The van der Waals surface area contributed by atoms with Crippen molar-refractivity contribution in [1.82, 2.24) is 0 Å². The van der Waals surface area contributed by atoms with Crippen LogP contribution in [0, 0.1) is 19.7 Å². The van der Waals surface area contributed by atoms with Gasteiger partial charge in [-0.3, -0.25) is 9.10 Å². The quantitative estimate of drug-likeness (QED) is 0.623. The van der Waals surface area contributed by atoms with E-state index in [0.29, 0.717) is 11.3 Å². The first-order valence-electron chi connectivity index (χ1n) is 9.35. The van der Waals surface area contributed by atoms with Crippen molar-refractivity contribution in [2.45, 2.75) is 20.4 Å². The Kier molecular flexibility index (Phi) is 6.22. The maximum absolute atomic E-state index is 13.7. The molecular formula is C23H23FN2O3S. The van der Waals surface area contributed by atoms with Crippen molar-refractivity contribution in [3.8, 4) is 0 Å². The summed E-state index contributed by atoms with van der Waals surface area (Å²) in [6.45, 7) is 3.88. The third kappa shape index (κ3) is 4.86. The molecule has 0 atom stereocenters. The smallest absolute Gasteiger partial charge is 0.255 e. The first-order valence-corrected chi connectivity index (χ1v) is 11.2. The van der Waals surface area contributed by atoms with Crippen molar-refractivity contribution in [3.05, 3.63) is 94.8 Å². The number of para-hydroxylation sites is 2. The molecule has 30 heavy (non-hydrogen) atoms. The summed E-state index contributed by atoms with van der Waals surface area (Å²) in [6, 6.07) is 18.1. The molecule has 0 unspecified atom stereocenters. The van der Waals surface area contributed by atoms with Crippen molar-refractivity contribution >= 4 is 27.3 Å². The van der Waals surface area contributed by atoms with Crippen LogP contribution in [0.3, 0.4) is 0 Å². The summed E-state index contributed by atoms with van der Waals surface area (Å²) in [5.74, 6) is -0.957. The Balaban J connectivity index is 1.83. The molecule has 3 aromatic carbocycles. The van der Waals surface area contributed by atoms with Gasteiger partial charge in [0, 0.05) is 5.56 Å². The van der Waals surface area contributed by atoms with Crippen molar-refractivity contribution in [1.29, 1.82) is 0 Å². The molecule has 0 saturated carbocycles. The molecule has 1 amide bonds. The van der Waals surface area contributed by atoms with Crippen LogP contribution in [0.2, 0.25) is 0 Å². The van der Waals surface area contributed by atoms with E-state index in [2.05, 4.69) is 5.32 Å². The number of anilines is 2. The second-order valence-electron chi connectivity index (χ2n) is 7.14. The Bertz CT molecular complexity index is 1160. The number of sulfonamides is 1. The van der Waals surface area contributed by atoms with Gasteiger partial charge in [-0.05, 0) is 54.8 Å². The van der Waals surface area contributed by atoms with Crippen LogP contribution >= 0.6 is 0 Å². The predicted octanol–water partition coefficient (Wildman–Crippen LogP) is 4.66. The van der Waals surface area contributed by atoms with Crippen LogP contribution in [0.4, 0.5) is 15.8 Å². The molecule has 3 aromatic rings. The lowest BCUT2D eigenvalue weighted by atomic mass is 10.1. The number of aryl methyl sites for hydroxylation is 2. The van der Waals surface area contributed by atoms with E-state index in [1.54, 1.807) is 36.4 Å². The highest BCUT2D eigenvalue weighted by atomic mass is 32.2. The van der Waals surface area contributed by atoms with E-state index in [1.165, 1.54) is 22.7 Å². The summed E-state index contributed by atoms with van der Waals surface area (Å²) in [4.78, 5) is 12.4. The van der Waals surface area contributed by atoms with Gasteiger partial charge in [0.15, 0.2) is 0 Å². The van der Waals surface area contributed by atoms with Crippen LogP contribution in [-0.4, -0.2) is 20.6 Å². The van der Waals surface area contributed by atoms with Gasteiger partial charge in [0.2, 0.25) is 10.0 Å². The van der Waals surface area contributed by atoms with Gasteiger partial charge in [-0.15, -0.1) is 0 Å². The summed E-state index contributed by atoms with van der Waals surface area (Å²) in [5, 5.41) is 2.53. The Morgan fingerprint density at radius 1 is 0.933 bits per heavy atom. The summed E-state index contributed by atoms with van der Waals surface area (Å²) in [6.07, 6.45) is 1.18. The molecule has 0 aromatic heterocycles. The lowest BCUT2D eigenvalue weighted by molar-refractivity contribution is 0.102. The van der Waals surface area contributed by atoms with Crippen LogP contribution in [-0.2, 0) is 16.6 Å². The summed E-state index contributed by atoms with van der Waals surface area (Å²) in [5.41, 5.74) is 3.55. The third-order valence-corrected chi connectivity index (χ3v) is 5.87. The van der Waals surface area contributed by atoms with Gasteiger partial charge in [-0.1, -0.05) is 42.5 Å². The van der Waals surface area contributed by atoms with Crippen molar-refractivity contribution in [2.24, 2.45) is 0 Å². The van der Waals surface area contributed by atoms with Crippen LogP contribution in [0.5, 0.6) is 0 Å². The predicted molar refractivity (Wildman–Crippen MR) is 118 cm³/mol. The van der Waals surface area contributed by atoms with Gasteiger partial charge < -0.3 is 5.32 Å². The van der Waals surface area contributed by atoms with Crippen LogP contribution in [0.1, 0.15) is 27.0 Å². The molecule has 3 rings (SSSR count). The SMILES string of the molecule is Cc1cccc(C)c1N(Cc1ccc(C(=O)Nc2ccccc2F)cc1)S(C)(=O)=O. The lowest BCUT2D eigenvalue weighted by Crippen LogP contribution is -2.30. The zero-order chi connectivity index (χ0) is 21.9. The highest BCUT2D eigenvalue weighted by Gasteiger charge is 2.21. The van der Waals surface area contributed by atoms with E-state index in [0.717, 1.165) is 16.7 Å². The second kappa shape index (κ2) is 8.67. The van der Waals surface area contributed by atoms with E-state index in [1.807, 2.05) is 32.0 Å². The number of nitrogens with one attached hydrogen (secondary N) is 1. The first kappa shape index (κ1) is 21.5. The van der Waals surface area contributed by atoms with Gasteiger partial charge in [0.25, 0.3) is 5.91 Å². The molecule has 0 saturated heterocycles. The maximum Gasteiger partial charge on any atom is 0.255 e. The lowest BCUT2D eigenvalue weighted by Gasteiger charge is -2.26. The number of nitrogens with zero attached hydrogens (tertiary/aromatic N) is 1. The van der Waals surface area contributed by atoms with Gasteiger partial charge in [0.1, 0.15) is 5.82 Å². The van der Waals surface area contributed by atoms with E-state index < -0.39 is 21.7 Å². The van der Waals surface area contributed by atoms with Crippen LogP contribution < -0.4 is 9.62 Å². The largest absolute Gasteiger partial charge is 0.319 e. The molecule has 0 aliphatic heterocycles. The van der Waals surface area contributed by atoms with E-state index in [-0.39, 0.29) is 12.2 Å². The van der Waals surface area contributed by atoms with Gasteiger partial charge in [-0.25, -0.2) is 12.8 Å². The molecule has 7 heteroatoms. The average molecular weight is 427 g/mol. The summed E-state index contributed by atoms with van der Waals surface area (Å²) in [7, 11) is -3.52. The van der Waals surface area contributed by atoms with Crippen molar-refractivity contribution < 1.29 is 17.6 Å². The highest BCUT2D eigenvalue weighted by molar-refractivity contribution is 7.92. The second-order valence-corrected chi connectivity index (χ2v) is 9.05. The Hall–Kier alpha value is -3.19. The molecule has 156 valence electrons. The molecular weight excluding hydrogens is 403 g/mol. The van der Waals surface area contributed by atoms with E-state index >= 15 is 0 Å². The van der Waals surface area contributed by atoms with Crippen LogP contribution in [0.15, 0.2) is 66.7 Å². The van der Waals surface area contributed by atoms with Gasteiger partial charge in [0.05, 0.1) is 24.2 Å². The van der Waals surface area contributed by atoms with Crippen molar-refractivity contribution in [2.75, 3.05) is 15.9 Å². The Labute approximate surface area is 176 Å².